The summed E-state index contributed by atoms with van der Waals surface area (Å²) in [6, 6.07) is 6.95. The van der Waals surface area contributed by atoms with E-state index in [9.17, 15) is 4.39 Å². The van der Waals surface area contributed by atoms with Gasteiger partial charge in [-0.3, -0.25) is 0 Å². The van der Waals surface area contributed by atoms with Gasteiger partial charge in [-0.05, 0) is 37.6 Å². The molecule has 0 spiro atoms. The van der Waals surface area contributed by atoms with Gasteiger partial charge >= 0.3 is 0 Å². The summed E-state index contributed by atoms with van der Waals surface area (Å²) >= 11 is 0. The van der Waals surface area contributed by atoms with Gasteiger partial charge in [0.2, 0.25) is 0 Å². The summed E-state index contributed by atoms with van der Waals surface area (Å²) in [6.07, 6.45) is 1.12. The Morgan fingerprint density at radius 2 is 1.92 bits per heavy atom. The smallest absolute Gasteiger partial charge is 0.123 e. The highest BCUT2D eigenvalue weighted by molar-refractivity contribution is 5.19. The Labute approximate surface area is 79.0 Å². The molecule has 1 N–H and O–H groups in total. The molecule has 1 nitrogen and oxygen atoms in total. The molecular formula is C11H16FN. The topological polar surface area (TPSA) is 12.0 Å². The van der Waals surface area contributed by atoms with Crippen molar-refractivity contribution in [1.29, 1.82) is 0 Å². The Balaban J connectivity index is 2.55. The SMILES string of the molecule is CCCNC(C)c1ccc(F)cc1. The monoisotopic (exact) mass is 181 g/mol. The predicted octanol–water partition coefficient (Wildman–Crippen LogP) is 2.89. The third kappa shape index (κ3) is 3.15. The molecule has 0 fully saturated rings. The summed E-state index contributed by atoms with van der Waals surface area (Å²) in [4.78, 5) is 0. The van der Waals surface area contributed by atoms with E-state index in [0.717, 1.165) is 18.5 Å². The minimum Gasteiger partial charge on any atom is -0.310 e. The van der Waals surface area contributed by atoms with Crippen molar-refractivity contribution >= 4 is 0 Å². The Hall–Kier alpha value is -0.890. The van der Waals surface area contributed by atoms with Gasteiger partial charge in [-0.2, -0.15) is 0 Å². The Morgan fingerprint density at radius 3 is 2.46 bits per heavy atom. The molecule has 0 aromatic heterocycles. The maximum Gasteiger partial charge on any atom is 0.123 e. The van der Waals surface area contributed by atoms with Gasteiger partial charge in [-0.1, -0.05) is 19.1 Å². The van der Waals surface area contributed by atoms with Crippen LogP contribution in [0.3, 0.4) is 0 Å². The number of rotatable bonds is 4. The van der Waals surface area contributed by atoms with Gasteiger partial charge in [0, 0.05) is 6.04 Å². The number of hydrogen-bond acceptors (Lipinski definition) is 1. The molecule has 1 atom stereocenters. The number of halogens is 1. The summed E-state index contributed by atoms with van der Waals surface area (Å²) in [5, 5.41) is 3.35. The van der Waals surface area contributed by atoms with Crippen LogP contribution in [0.4, 0.5) is 4.39 Å². The highest BCUT2D eigenvalue weighted by Gasteiger charge is 2.02. The lowest BCUT2D eigenvalue weighted by Gasteiger charge is -2.12. The largest absolute Gasteiger partial charge is 0.310 e. The van der Waals surface area contributed by atoms with Crippen LogP contribution in [0, 0.1) is 5.82 Å². The molecule has 0 saturated carbocycles. The molecule has 0 radical (unpaired) electrons. The zero-order valence-corrected chi connectivity index (χ0v) is 8.18. The maximum atomic E-state index is 12.6. The van der Waals surface area contributed by atoms with Crippen molar-refractivity contribution < 1.29 is 4.39 Å². The van der Waals surface area contributed by atoms with Crippen LogP contribution in [0.2, 0.25) is 0 Å². The fourth-order valence-corrected chi connectivity index (χ4v) is 1.23. The van der Waals surface area contributed by atoms with Gasteiger partial charge in [0.1, 0.15) is 5.82 Å². The quantitative estimate of drug-likeness (QED) is 0.753. The van der Waals surface area contributed by atoms with Gasteiger partial charge in [0.15, 0.2) is 0 Å². The zero-order chi connectivity index (χ0) is 9.68. The first-order valence-corrected chi connectivity index (χ1v) is 4.73. The van der Waals surface area contributed by atoms with Gasteiger partial charge in [-0.25, -0.2) is 4.39 Å². The van der Waals surface area contributed by atoms with E-state index >= 15 is 0 Å². The van der Waals surface area contributed by atoms with Crippen LogP contribution < -0.4 is 5.32 Å². The van der Waals surface area contributed by atoms with E-state index < -0.39 is 0 Å². The normalized spacial score (nSPS) is 12.8. The summed E-state index contributed by atoms with van der Waals surface area (Å²) in [7, 11) is 0. The van der Waals surface area contributed by atoms with Crippen molar-refractivity contribution in [3.05, 3.63) is 35.6 Å². The third-order valence-electron chi connectivity index (χ3n) is 2.07. The van der Waals surface area contributed by atoms with E-state index in [0.29, 0.717) is 6.04 Å². The van der Waals surface area contributed by atoms with Crippen molar-refractivity contribution in [2.24, 2.45) is 0 Å². The van der Waals surface area contributed by atoms with Crippen molar-refractivity contribution in [2.45, 2.75) is 26.3 Å². The van der Waals surface area contributed by atoms with E-state index in [1.54, 1.807) is 0 Å². The van der Waals surface area contributed by atoms with Crippen molar-refractivity contribution in [3.63, 3.8) is 0 Å². The maximum absolute atomic E-state index is 12.6. The molecule has 1 aromatic carbocycles. The molecule has 0 aliphatic carbocycles. The number of benzene rings is 1. The fraction of sp³-hybridized carbons (Fsp3) is 0.455. The van der Waals surface area contributed by atoms with Crippen molar-refractivity contribution in [2.75, 3.05) is 6.54 Å². The summed E-state index contributed by atoms with van der Waals surface area (Å²) < 4.78 is 12.6. The van der Waals surface area contributed by atoms with Crippen LogP contribution in [0.5, 0.6) is 0 Å². The van der Waals surface area contributed by atoms with Crippen LogP contribution >= 0.6 is 0 Å². The highest BCUT2D eigenvalue weighted by Crippen LogP contribution is 2.12. The van der Waals surface area contributed by atoms with E-state index in [4.69, 9.17) is 0 Å². The van der Waals surface area contributed by atoms with Crippen molar-refractivity contribution in [3.8, 4) is 0 Å². The lowest BCUT2D eigenvalue weighted by Crippen LogP contribution is -2.19. The molecule has 13 heavy (non-hydrogen) atoms. The molecule has 2 heteroatoms. The third-order valence-corrected chi connectivity index (χ3v) is 2.07. The molecule has 0 heterocycles. The summed E-state index contributed by atoms with van der Waals surface area (Å²) in [6.45, 7) is 5.21. The van der Waals surface area contributed by atoms with Crippen LogP contribution in [0.15, 0.2) is 24.3 Å². The fourth-order valence-electron chi connectivity index (χ4n) is 1.23. The molecule has 0 amide bonds. The van der Waals surface area contributed by atoms with E-state index in [2.05, 4.69) is 19.2 Å². The summed E-state index contributed by atoms with van der Waals surface area (Å²) in [5.41, 5.74) is 1.13. The first-order valence-electron chi connectivity index (χ1n) is 4.73. The standard InChI is InChI=1S/C11H16FN/c1-3-8-13-9(2)10-4-6-11(12)7-5-10/h4-7,9,13H,3,8H2,1-2H3. The van der Waals surface area contributed by atoms with Crippen molar-refractivity contribution in [1.82, 2.24) is 5.32 Å². The molecule has 1 rings (SSSR count). The Morgan fingerprint density at radius 1 is 1.31 bits per heavy atom. The zero-order valence-electron chi connectivity index (χ0n) is 8.18. The van der Waals surface area contributed by atoms with Crippen LogP contribution in [-0.2, 0) is 0 Å². The molecule has 0 saturated heterocycles. The van der Waals surface area contributed by atoms with E-state index in [-0.39, 0.29) is 5.82 Å². The predicted molar refractivity (Wildman–Crippen MR) is 53.1 cm³/mol. The second-order valence-corrected chi connectivity index (χ2v) is 3.23. The van der Waals surface area contributed by atoms with E-state index in [1.165, 1.54) is 12.1 Å². The number of hydrogen-bond donors (Lipinski definition) is 1. The molecule has 72 valence electrons. The minimum absolute atomic E-state index is 0.175. The van der Waals surface area contributed by atoms with Gasteiger partial charge in [0.05, 0.1) is 0 Å². The molecular weight excluding hydrogens is 165 g/mol. The molecule has 0 aliphatic heterocycles. The molecule has 1 aromatic rings. The van der Waals surface area contributed by atoms with Gasteiger partial charge < -0.3 is 5.32 Å². The van der Waals surface area contributed by atoms with Gasteiger partial charge in [-0.15, -0.1) is 0 Å². The minimum atomic E-state index is -0.175. The molecule has 1 unspecified atom stereocenters. The van der Waals surface area contributed by atoms with Gasteiger partial charge in [0.25, 0.3) is 0 Å². The second-order valence-electron chi connectivity index (χ2n) is 3.23. The molecule has 0 aliphatic rings. The van der Waals surface area contributed by atoms with Crippen LogP contribution in [0.1, 0.15) is 31.9 Å². The Kier molecular flexibility index (Phi) is 3.90. The summed E-state index contributed by atoms with van der Waals surface area (Å²) in [5.74, 6) is -0.175. The van der Waals surface area contributed by atoms with Crippen LogP contribution in [-0.4, -0.2) is 6.54 Å². The average molecular weight is 181 g/mol. The lowest BCUT2D eigenvalue weighted by molar-refractivity contribution is 0.567. The first kappa shape index (κ1) is 10.2. The van der Waals surface area contributed by atoms with Crippen LogP contribution in [0.25, 0.3) is 0 Å². The number of nitrogens with one attached hydrogen (secondary N) is 1. The lowest BCUT2D eigenvalue weighted by atomic mass is 10.1. The van der Waals surface area contributed by atoms with E-state index in [1.807, 2.05) is 12.1 Å². The average Bonchev–Trinajstić information content (AvgIpc) is 2.15. The molecule has 0 bridgehead atoms. The second kappa shape index (κ2) is 4.97. The Bertz CT molecular complexity index is 243. The first-order chi connectivity index (χ1) is 6.24. The highest BCUT2D eigenvalue weighted by atomic mass is 19.1.